The van der Waals surface area contributed by atoms with E-state index in [9.17, 15) is 8.42 Å². The second-order valence-electron chi connectivity index (χ2n) is 4.71. The fourth-order valence-electron chi connectivity index (χ4n) is 2.30. The fraction of sp³-hybridized carbons (Fsp3) is 1.00. The number of nitrogens with zero attached hydrogens (tertiary/aromatic N) is 2. The van der Waals surface area contributed by atoms with Crippen LogP contribution < -0.4 is 5.73 Å². The van der Waals surface area contributed by atoms with E-state index < -0.39 is 15.3 Å². The molecule has 1 saturated heterocycles. The number of likely N-dealkylation sites (N-methyl/N-ethyl adjacent to an activating group) is 1. The van der Waals surface area contributed by atoms with Crippen molar-refractivity contribution >= 4 is 10.0 Å². The first-order valence-corrected chi connectivity index (χ1v) is 7.86. The topological polar surface area (TPSA) is 66.6 Å². The number of hydrogen-bond acceptors (Lipinski definition) is 4. The average molecular weight is 263 g/mol. The van der Waals surface area contributed by atoms with Gasteiger partial charge in [0.2, 0.25) is 10.0 Å². The molecular weight excluding hydrogens is 238 g/mol. The third-order valence-electron chi connectivity index (χ3n) is 3.71. The Kier molecular flexibility index (Phi) is 5.37. The van der Waals surface area contributed by atoms with Gasteiger partial charge < -0.3 is 10.6 Å². The summed E-state index contributed by atoms with van der Waals surface area (Å²) in [5.74, 6) is 0. The zero-order valence-electron chi connectivity index (χ0n) is 11.1. The smallest absolute Gasteiger partial charge is 0.218 e. The van der Waals surface area contributed by atoms with Gasteiger partial charge in [-0.3, -0.25) is 0 Å². The van der Waals surface area contributed by atoms with Crippen LogP contribution in [0, 0.1) is 0 Å². The Hall–Kier alpha value is -0.170. The van der Waals surface area contributed by atoms with Gasteiger partial charge in [0.15, 0.2) is 0 Å². The van der Waals surface area contributed by atoms with Crippen LogP contribution in [0.4, 0.5) is 0 Å². The third kappa shape index (κ3) is 3.19. The van der Waals surface area contributed by atoms with Crippen LogP contribution in [0.1, 0.15) is 26.7 Å². The van der Waals surface area contributed by atoms with E-state index in [2.05, 4.69) is 18.9 Å². The van der Waals surface area contributed by atoms with Gasteiger partial charge in [0.1, 0.15) is 0 Å². The van der Waals surface area contributed by atoms with Gasteiger partial charge >= 0.3 is 0 Å². The van der Waals surface area contributed by atoms with Crippen LogP contribution in [0.2, 0.25) is 0 Å². The number of rotatable bonds is 5. The quantitative estimate of drug-likeness (QED) is 0.763. The van der Waals surface area contributed by atoms with Gasteiger partial charge in [-0.25, -0.2) is 8.42 Å². The first-order chi connectivity index (χ1) is 7.97. The summed E-state index contributed by atoms with van der Waals surface area (Å²) in [4.78, 5) is 2.23. The van der Waals surface area contributed by atoms with E-state index in [0.717, 1.165) is 13.0 Å². The molecule has 5 nitrogen and oxygen atoms in total. The minimum Gasteiger partial charge on any atom is -0.329 e. The van der Waals surface area contributed by atoms with E-state index in [1.807, 2.05) is 6.92 Å². The van der Waals surface area contributed by atoms with Crippen molar-refractivity contribution in [3.63, 3.8) is 0 Å². The molecule has 0 aromatic rings. The lowest BCUT2D eigenvalue weighted by Crippen LogP contribution is -2.55. The van der Waals surface area contributed by atoms with E-state index >= 15 is 0 Å². The van der Waals surface area contributed by atoms with Crippen molar-refractivity contribution in [3.8, 4) is 0 Å². The van der Waals surface area contributed by atoms with E-state index in [1.54, 1.807) is 4.31 Å². The lowest BCUT2D eigenvalue weighted by molar-refractivity contribution is 0.143. The predicted molar refractivity (Wildman–Crippen MR) is 70.3 cm³/mol. The molecule has 1 aliphatic heterocycles. The Morgan fingerprint density at radius 3 is 2.47 bits per heavy atom. The predicted octanol–water partition coefficient (Wildman–Crippen LogP) is 0.0795. The number of hydrogen-bond donors (Lipinski definition) is 1. The molecule has 0 aromatic heterocycles. The molecule has 0 aliphatic carbocycles. The molecule has 1 fully saturated rings. The third-order valence-corrected chi connectivity index (χ3v) is 6.13. The Labute approximate surface area is 105 Å². The molecule has 2 N–H and O–H groups in total. The summed E-state index contributed by atoms with van der Waals surface area (Å²) in [6.45, 7) is 6.18. The first kappa shape index (κ1) is 14.9. The minimum atomic E-state index is -3.21. The van der Waals surface area contributed by atoms with E-state index in [0.29, 0.717) is 25.6 Å². The zero-order valence-corrected chi connectivity index (χ0v) is 11.9. The van der Waals surface area contributed by atoms with Gasteiger partial charge in [0, 0.05) is 32.2 Å². The lowest BCUT2D eigenvalue weighted by atomic mass is 10.1. The van der Waals surface area contributed by atoms with Crippen molar-refractivity contribution in [1.29, 1.82) is 0 Å². The Morgan fingerprint density at radius 1 is 1.35 bits per heavy atom. The molecule has 2 atom stereocenters. The summed E-state index contributed by atoms with van der Waals surface area (Å²) < 4.78 is 26.3. The van der Waals surface area contributed by atoms with Gasteiger partial charge in [0.25, 0.3) is 0 Å². The molecule has 1 rings (SSSR count). The maximum absolute atomic E-state index is 12.3. The molecular formula is C11H25N3O2S. The molecule has 0 spiro atoms. The Bertz CT molecular complexity index is 328. The van der Waals surface area contributed by atoms with Crippen molar-refractivity contribution in [2.75, 3.05) is 33.2 Å². The monoisotopic (exact) mass is 263 g/mol. The van der Waals surface area contributed by atoms with Crippen LogP contribution in [0.5, 0.6) is 0 Å². The summed E-state index contributed by atoms with van der Waals surface area (Å²) in [6.07, 6.45) is 1.56. The molecule has 1 aliphatic rings. The number of piperazine rings is 1. The van der Waals surface area contributed by atoms with Crippen molar-refractivity contribution in [3.05, 3.63) is 0 Å². The molecule has 102 valence electrons. The van der Waals surface area contributed by atoms with E-state index in [-0.39, 0.29) is 6.54 Å². The summed E-state index contributed by atoms with van der Waals surface area (Å²) in [7, 11) is -1.16. The molecule has 6 heteroatoms. The van der Waals surface area contributed by atoms with Crippen LogP contribution in [0.15, 0.2) is 0 Å². The first-order valence-electron chi connectivity index (χ1n) is 6.36. The van der Waals surface area contributed by atoms with Crippen LogP contribution in [-0.4, -0.2) is 62.1 Å². The highest BCUT2D eigenvalue weighted by atomic mass is 32.2. The maximum atomic E-state index is 12.3. The highest BCUT2D eigenvalue weighted by Gasteiger charge is 2.34. The van der Waals surface area contributed by atoms with Crippen LogP contribution >= 0.6 is 0 Å². The largest absolute Gasteiger partial charge is 0.329 e. The molecule has 17 heavy (non-hydrogen) atoms. The summed E-state index contributed by atoms with van der Waals surface area (Å²) in [5.41, 5.74) is 5.55. The van der Waals surface area contributed by atoms with Crippen molar-refractivity contribution in [2.24, 2.45) is 5.73 Å². The normalized spacial score (nSPS) is 26.0. The summed E-state index contributed by atoms with van der Waals surface area (Å²) >= 11 is 0. The summed E-state index contributed by atoms with van der Waals surface area (Å²) in [6, 6.07) is 0.328. The maximum Gasteiger partial charge on any atom is 0.218 e. The second kappa shape index (κ2) is 6.13. The van der Waals surface area contributed by atoms with Gasteiger partial charge in [-0.15, -0.1) is 0 Å². The van der Waals surface area contributed by atoms with Crippen LogP contribution in [0.25, 0.3) is 0 Å². The highest BCUT2D eigenvalue weighted by Crippen LogP contribution is 2.18. The van der Waals surface area contributed by atoms with Crippen LogP contribution in [-0.2, 0) is 10.0 Å². The molecule has 2 unspecified atom stereocenters. The van der Waals surface area contributed by atoms with Crippen molar-refractivity contribution < 1.29 is 8.42 Å². The van der Waals surface area contributed by atoms with Gasteiger partial charge in [-0.05, 0) is 19.9 Å². The van der Waals surface area contributed by atoms with Crippen molar-refractivity contribution in [2.45, 2.75) is 38.0 Å². The van der Waals surface area contributed by atoms with E-state index in [4.69, 9.17) is 5.73 Å². The average Bonchev–Trinajstić information content (AvgIpc) is 2.30. The summed E-state index contributed by atoms with van der Waals surface area (Å²) in [5, 5.41) is -0.427. The molecule has 1 heterocycles. The molecule has 0 saturated carbocycles. The molecule has 0 amide bonds. The number of nitrogens with two attached hydrogens (primary N) is 1. The molecule has 0 aromatic carbocycles. The Balaban J connectivity index is 2.79. The minimum absolute atomic E-state index is 0.210. The highest BCUT2D eigenvalue weighted by molar-refractivity contribution is 7.89. The Morgan fingerprint density at radius 2 is 2.00 bits per heavy atom. The van der Waals surface area contributed by atoms with Gasteiger partial charge in [0.05, 0.1) is 5.25 Å². The molecule has 0 bridgehead atoms. The fourth-order valence-corrected chi connectivity index (χ4v) is 4.10. The van der Waals surface area contributed by atoms with E-state index in [1.165, 1.54) is 0 Å². The number of sulfonamides is 1. The van der Waals surface area contributed by atoms with Gasteiger partial charge in [-0.2, -0.15) is 4.31 Å². The van der Waals surface area contributed by atoms with Crippen molar-refractivity contribution in [1.82, 2.24) is 9.21 Å². The molecule has 0 radical (unpaired) electrons. The lowest BCUT2D eigenvalue weighted by Gasteiger charge is -2.39. The standard InChI is InChI=1S/C11H25N3O2S/c1-4-10-9-14(7-6-13(10)3)17(15,16)11(5-2)8-12/h10-11H,4-9,12H2,1-3H3. The SMILES string of the molecule is CCC1CN(S(=O)(=O)C(CC)CN)CCN1C. The zero-order chi connectivity index (χ0) is 13.1. The second-order valence-corrected chi connectivity index (χ2v) is 6.92. The van der Waals surface area contributed by atoms with Gasteiger partial charge in [-0.1, -0.05) is 13.8 Å². The van der Waals surface area contributed by atoms with Crippen LogP contribution in [0.3, 0.4) is 0 Å².